The summed E-state index contributed by atoms with van der Waals surface area (Å²) in [6.07, 6.45) is 4.29. The number of hydrogen-bond acceptors (Lipinski definition) is 4. The van der Waals surface area contributed by atoms with Crippen LogP contribution in [0.15, 0.2) is 18.3 Å². The summed E-state index contributed by atoms with van der Waals surface area (Å²) in [4.78, 5) is 0. The number of aryl methyl sites for hydroxylation is 1. The first kappa shape index (κ1) is 14.1. The summed E-state index contributed by atoms with van der Waals surface area (Å²) >= 11 is 1.66. The number of nitrogens with zero attached hydrogens (tertiary/aromatic N) is 3. The molecular formula is C14H22N4S. The van der Waals surface area contributed by atoms with Gasteiger partial charge in [-0.05, 0) is 24.5 Å². The highest BCUT2D eigenvalue weighted by Gasteiger charge is 2.06. The first-order valence-electron chi connectivity index (χ1n) is 6.89. The van der Waals surface area contributed by atoms with E-state index >= 15 is 0 Å². The Kier molecular flexibility index (Phi) is 4.96. The molecule has 0 atom stereocenters. The second-order valence-corrected chi connectivity index (χ2v) is 6.21. The normalized spacial score (nSPS) is 11.2. The van der Waals surface area contributed by atoms with Crippen LogP contribution in [0.2, 0.25) is 0 Å². The summed E-state index contributed by atoms with van der Waals surface area (Å²) < 4.78 is 2.28. The lowest BCUT2D eigenvalue weighted by Crippen LogP contribution is -2.06. The lowest BCUT2D eigenvalue weighted by atomic mass is 10.1. The van der Waals surface area contributed by atoms with Crippen molar-refractivity contribution in [1.29, 1.82) is 0 Å². The Morgan fingerprint density at radius 1 is 1.37 bits per heavy atom. The molecule has 4 nitrogen and oxygen atoms in total. The first-order chi connectivity index (χ1) is 9.19. The maximum absolute atomic E-state index is 4.21. The van der Waals surface area contributed by atoms with Gasteiger partial charge in [0.2, 0.25) is 5.13 Å². The van der Waals surface area contributed by atoms with E-state index in [1.54, 1.807) is 11.3 Å². The predicted molar refractivity (Wildman–Crippen MR) is 80.5 cm³/mol. The average molecular weight is 278 g/mol. The molecule has 0 amide bonds. The van der Waals surface area contributed by atoms with E-state index in [2.05, 4.69) is 59.2 Å². The zero-order chi connectivity index (χ0) is 13.7. The van der Waals surface area contributed by atoms with Gasteiger partial charge in [-0.25, -0.2) is 0 Å². The molecule has 19 heavy (non-hydrogen) atoms. The Labute approximate surface area is 118 Å². The molecule has 0 saturated heterocycles. The predicted octanol–water partition coefficient (Wildman–Crippen LogP) is 3.56. The lowest BCUT2D eigenvalue weighted by Gasteiger charge is -2.07. The third kappa shape index (κ3) is 4.06. The van der Waals surface area contributed by atoms with Crippen molar-refractivity contribution in [3.05, 3.63) is 29.0 Å². The van der Waals surface area contributed by atoms with Gasteiger partial charge in [-0.3, -0.25) is 0 Å². The SMILES string of the molecule is CCCn1cccc1CNc1nnc(CC(C)C)s1. The van der Waals surface area contributed by atoms with E-state index in [-0.39, 0.29) is 0 Å². The van der Waals surface area contributed by atoms with Crippen LogP contribution in [0.3, 0.4) is 0 Å². The van der Waals surface area contributed by atoms with Crippen molar-refractivity contribution in [2.24, 2.45) is 5.92 Å². The number of hydrogen-bond donors (Lipinski definition) is 1. The van der Waals surface area contributed by atoms with Crippen molar-refractivity contribution in [2.75, 3.05) is 5.32 Å². The molecule has 0 spiro atoms. The van der Waals surface area contributed by atoms with E-state index in [9.17, 15) is 0 Å². The number of nitrogens with one attached hydrogen (secondary N) is 1. The van der Waals surface area contributed by atoms with E-state index < -0.39 is 0 Å². The Morgan fingerprint density at radius 2 is 2.21 bits per heavy atom. The van der Waals surface area contributed by atoms with Gasteiger partial charge in [-0.1, -0.05) is 32.1 Å². The molecule has 1 N–H and O–H groups in total. The molecule has 0 radical (unpaired) electrons. The van der Waals surface area contributed by atoms with Gasteiger partial charge in [0, 0.05) is 24.9 Å². The zero-order valence-electron chi connectivity index (χ0n) is 11.9. The summed E-state index contributed by atoms with van der Waals surface area (Å²) in [5, 5.41) is 13.8. The summed E-state index contributed by atoms with van der Waals surface area (Å²) in [5.74, 6) is 0.627. The molecule has 104 valence electrons. The molecule has 0 aliphatic rings. The monoisotopic (exact) mass is 278 g/mol. The van der Waals surface area contributed by atoms with Crippen molar-refractivity contribution < 1.29 is 0 Å². The van der Waals surface area contributed by atoms with Gasteiger partial charge in [0.25, 0.3) is 0 Å². The van der Waals surface area contributed by atoms with Crippen LogP contribution in [-0.4, -0.2) is 14.8 Å². The summed E-state index contributed by atoms with van der Waals surface area (Å²) in [7, 11) is 0. The highest BCUT2D eigenvalue weighted by Crippen LogP contribution is 2.19. The van der Waals surface area contributed by atoms with Crippen molar-refractivity contribution in [2.45, 2.75) is 46.7 Å². The van der Waals surface area contributed by atoms with Crippen molar-refractivity contribution in [3.63, 3.8) is 0 Å². The molecule has 0 saturated carbocycles. The summed E-state index contributed by atoms with van der Waals surface area (Å²) in [5.41, 5.74) is 1.29. The smallest absolute Gasteiger partial charge is 0.205 e. The topological polar surface area (TPSA) is 42.7 Å². The number of aromatic nitrogens is 3. The Bertz CT molecular complexity index is 501. The van der Waals surface area contributed by atoms with Gasteiger partial charge in [-0.15, -0.1) is 10.2 Å². The molecule has 2 heterocycles. The minimum absolute atomic E-state index is 0.627. The van der Waals surface area contributed by atoms with E-state index in [1.807, 2.05) is 0 Å². The fourth-order valence-corrected chi connectivity index (χ4v) is 2.94. The Morgan fingerprint density at radius 3 is 2.95 bits per heavy atom. The third-order valence-electron chi connectivity index (χ3n) is 2.86. The third-order valence-corrected chi connectivity index (χ3v) is 3.76. The molecule has 5 heteroatoms. The molecule has 0 unspecified atom stereocenters. The molecule has 0 aliphatic carbocycles. The fraction of sp³-hybridized carbons (Fsp3) is 0.571. The molecule has 2 aromatic rings. The van der Waals surface area contributed by atoms with Crippen molar-refractivity contribution >= 4 is 16.5 Å². The molecule has 2 rings (SSSR count). The molecule has 0 bridgehead atoms. The van der Waals surface area contributed by atoms with E-state index in [0.29, 0.717) is 5.92 Å². The molecular weight excluding hydrogens is 256 g/mol. The molecule has 0 fully saturated rings. The highest BCUT2D eigenvalue weighted by molar-refractivity contribution is 7.15. The van der Waals surface area contributed by atoms with E-state index in [4.69, 9.17) is 0 Å². The summed E-state index contributed by atoms with van der Waals surface area (Å²) in [6.45, 7) is 8.47. The van der Waals surface area contributed by atoms with Crippen LogP contribution in [0.25, 0.3) is 0 Å². The van der Waals surface area contributed by atoms with Gasteiger partial charge < -0.3 is 9.88 Å². The second-order valence-electron chi connectivity index (χ2n) is 5.15. The Hall–Kier alpha value is -1.36. The van der Waals surface area contributed by atoms with Crippen LogP contribution in [0.1, 0.15) is 37.9 Å². The van der Waals surface area contributed by atoms with Crippen LogP contribution in [-0.2, 0) is 19.5 Å². The minimum Gasteiger partial charge on any atom is -0.355 e. The molecule has 2 aromatic heterocycles. The number of rotatable bonds is 7. The largest absolute Gasteiger partial charge is 0.355 e. The molecule has 0 aromatic carbocycles. The lowest BCUT2D eigenvalue weighted by molar-refractivity contribution is 0.639. The molecule has 0 aliphatic heterocycles. The van der Waals surface area contributed by atoms with Gasteiger partial charge >= 0.3 is 0 Å². The summed E-state index contributed by atoms with van der Waals surface area (Å²) in [6, 6.07) is 4.25. The van der Waals surface area contributed by atoms with Crippen LogP contribution in [0.4, 0.5) is 5.13 Å². The van der Waals surface area contributed by atoms with E-state index in [1.165, 1.54) is 5.69 Å². The second kappa shape index (κ2) is 6.70. The van der Waals surface area contributed by atoms with Crippen molar-refractivity contribution in [1.82, 2.24) is 14.8 Å². The van der Waals surface area contributed by atoms with Gasteiger partial charge in [0.1, 0.15) is 5.01 Å². The maximum Gasteiger partial charge on any atom is 0.205 e. The van der Waals surface area contributed by atoms with Crippen LogP contribution in [0, 0.1) is 5.92 Å². The van der Waals surface area contributed by atoms with Gasteiger partial charge in [0.05, 0.1) is 6.54 Å². The standard InChI is InChI=1S/C14H22N4S/c1-4-7-18-8-5-6-12(18)10-15-14-17-16-13(19-14)9-11(2)3/h5-6,8,11H,4,7,9-10H2,1-3H3,(H,15,17). The van der Waals surface area contributed by atoms with Gasteiger partial charge in [0.15, 0.2) is 0 Å². The minimum atomic E-state index is 0.627. The van der Waals surface area contributed by atoms with Gasteiger partial charge in [-0.2, -0.15) is 0 Å². The van der Waals surface area contributed by atoms with Crippen LogP contribution >= 0.6 is 11.3 Å². The quantitative estimate of drug-likeness (QED) is 0.842. The van der Waals surface area contributed by atoms with Crippen LogP contribution in [0.5, 0.6) is 0 Å². The van der Waals surface area contributed by atoms with E-state index in [0.717, 1.165) is 36.1 Å². The fourth-order valence-electron chi connectivity index (χ4n) is 1.99. The highest BCUT2D eigenvalue weighted by atomic mass is 32.1. The zero-order valence-corrected chi connectivity index (χ0v) is 12.7. The first-order valence-corrected chi connectivity index (χ1v) is 7.71. The average Bonchev–Trinajstić information content (AvgIpc) is 2.96. The number of anilines is 1. The Balaban J connectivity index is 1.91. The van der Waals surface area contributed by atoms with Crippen LogP contribution < -0.4 is 5.32 Å². The van der Waals surface area contributed by atoms with Crippen molar-refractivity contribution in [3.8, 4) is 0 Å². The maximum atomic E-state index is 4.21.